The van der Waals surface area contributed by atoms with Crippen LogP contribution >= 0.6 is 0 Å². The van der Waals surface area contributed by atoms with Crippen LogP contribution in [0.1, 0.15) is 0 Å². The molecule has 2 radical (unpaired) electrons. The first-order chi connectivity index (χ1) is 4.20. The Morgan fingerprint density at radius 3 is 2.56 bits per heavy atom. The van der Waals surface area contributed by atoms with E-state index in [0.29, 0.717) is 16.8 Å². The van der Waals surface area contributed by atoms with E-state index >= 15 is 0 Å². The number of nitrogens with one attached hydrogen (secondary N) is 1. The van der Waals surface area contributed by atoms with Gasteiger partial charge >= 0.3 is 0 Å². The smallest absolute Gasteiger partial charge is 0.113 e. The van der Waals surface area contributed by atoms with Crippen molar-refractivity contribution in [1.82, 2.24) is 0 Å². The van der Waals surface area contributed by atoms with Gasteiger partial charge in [0.25, 0.3) is 0 Å². The van der Waals surface area contributed by atoms with Crippen molar-refractivity contribution in [2.45, 2.75) is 0 Å². The van der Waals surface area contributed by atoms with Crippen LogP contribution in [0.2, 0.25) is 0 Å². The van der Waals surface area contributed by atoms with E-state index in [4.69, 9.17) is 13.3 Å². The summed E-state index contributed by atoms with van der Waals surface area (Å²) in [5.41, 5.74) is 1.77. The summed E-state index contributed by atoms with van der Waals surface area (Å²) in [6.45, 7) is 3.61. The minimum absolute atomic E-state index is 0.434. The molecular formula is C7H6BN. The van der Waals surface area contributed by atoms with Gasteiger partial charge < -0.3 is 5.41 Å². The Morgan fingerprint density at radius 1 is 1.44 bits per heavy atom. The fourth-order valence-electron chi connectivity index (χ4n) is 0.614. The highest BCUT2D eigenvalue weighted by Crippen LogP contribution is 2.07. The molecule has 0 bridgehead atoms. The number of allylic oxidation sites excluding steroid dienone is 5. The summed E-state index contributed by atoms with van der Waals surface area (Å²) < 4.78 is 0. The molecule has 2 heteroatoms. The van der Waals surface area contributed by atoms with Crippen LogP contribution in [0.15, 0.2) is 35.9 Å². The second-order valence-corrected chi connectivity index (χ2v) is 1.92. The highest BCUT2D eigenvalue weighted by atomic mass is 14.4. The maximum Gasteiger partial charge on any atom is 0.113 e. The van der Waals surface area contributed by atoms with Gasteiger partial charge in [0.15, 0.2) is 0 Å². The molecule has 42 valence electrons. The largest absolute Gasteiger partial charge is 0.300 e. The minimum atomic E-state index is 0.434. The molecule has 0 saturated carbocycles. The molecular weight excluding hydrogens is 109 g/mol. The van der Waals surface area contributed by atoms with E-state index < -0.39 is 0 Å². The average Bonchev–Trinajstić information content (AvgIpc) is 1.80. The Labute approximate surface area is 55.7 Å². The summed E-state index contributed by atoms with van der Waals surface area (Å²) >= 11 is 0. The zero-order chi connectivity index (χ0) is 6.85. The van der Waals surface area contributed by atoms with Crippen molar-refractivity contribution in [2.24, 2.45) is 0 Å². The van der Waals surface area contributed by atoms with Gasteiger partial charge in [-0.3, -0.25) is 0 Å². The van der Waals surface area contributed by atoms with Crippen LogP contribution < -0.4 is 0 Å². The van der Waals surface area contributed by atoms with Crippen molar-refractivity contribution in [3.8, 4) is 0 Å². The van der Waals surface area contributed by atoms with Crippen molar-refractivity contribution < 1.29 is 0 Å². The van der Waals surface area contributed by atoms with Gasteiger partial charge in [0.05, 0.1) is 5.71 Å². The Kier molecular flexibility index (Phi) is 1.39. The summed E-state index contributed by atoms with van der Waals surface area (Å²) in [7, 11) is 5.40. The Hall–Kier alpha value is -1.05. The molecule has 0 spiro atoms. The third-order valence-electron chi connectivity index (χ3n) is 1.13. The van der Waals surface area contributed by atoms with Crippen molar-refractivity contribution in [3.05, 3.63) is 35.9 Å². The normalized spacial score (nSPS) is 18.0. The summed E-state index contributed by atoms with van der Waals surface area (Å²) in [6, 6.07) is 0. The van der Waals surface area contributed by atoms with E-state index in [1.165, 1.54) is 0 Å². The first-order valence-electron chi connectivity index (χ1n) is 2.63. The Bertz CT molecular complexity index is 223. The lowest BCUT2D eigenvalue weighted by atomic mass is 9.88. The molecule has 0 aliphatic heterocycles. The number of hydrogen-bond acceptors (Lipinski definition) is 1. The van der Waals surface area contributed by atoms with E-state index in [2.05, 4.69) is 6.58 Å². The van der Waals surface area contributed by atoms with Gasteiger partial charge in [0, 0.05) is 0 Å². The van der Waals surface area contributed by atoms with Crippen LogP contribution in [0, 0.1) is 5.41 Å². The molecule has 9 heavy (non-hydrogen) atoms. The molecule has 0 saturated heterocycles. The molecule has 0 aromatic carbocycles. The van der Waals surface area contributed by atoms with Crippen molar-refractivity contribution >= 4 is 13.6 Å². The third-order valence-corrected chi connectivity index (χ3v) is 1.13. The summed E-state index contributed by atoms with van der Waals surface area (Å²) in [5, 5.41) is 7.20. The molecule has 0 unspecified atom stereocenters. The van der Waals surface area contributed by atoms with Crippen LogP contribution in [-0.2, 0) is 0 Å². The van der Waals surface area contributed by atoms with Gasteiger partial charge in [-0.05, 0) is 11.6 Å². The van der Waals surface area contributed by atoms with Crippen LogP contribution in [0.3, 0.4) is 0 Å². The quantitative estimate of drug-likeness (QED) is 0.458. The van der Waals surface area contributed by atoms with E-state index in [-0.39, 0.29) is 0 Å². The molecule has 0 atom stereocenters. The summed E-state index contributed by atoms with van der Waals surface area (Å²) in [6.07, 6.45) is 5.01. The van der Waals surface area contributed by atoms with Crippen molar-refractivity contribution in [1.29, 1.82) is 5.41 Å². The van der Waals surface area contributed by atoms with E-state index in [1.54, 1.807) is 18.2 Å². The SMILES string of the molecule is [B]C1=CC(=C)C(=N)C=C1. The van der Waals surface area contributed by atoms with Crippen molar-refractivity contribution in [2.75, 3.05) is 0 Å². The van der Waals surface area contributed by atoms with Crippen LogP contribution in [0.5, 0.6) is 0 Å². The molecule has 1 aliphatic rings. The second-order valence-electron chi connectivity index (χ2n) is 1.92. The summed E-state index contributed by atoms with van der Waals surface area (Å²) in [4.78, 5) is 0. The van der Waals surface area contributed by atoms with Crippen LogP contribution in [0.4, 0.5) is 0 Å². The predicted molar refractivity (Wildman–Crippen MR) is 39.8 cm³/mol. The highest BCUT2D eigenvalue weighted by Gasteiger charge is 1.99. The van der Waals surface area contributed by atoms with Crippen molar-refractivity contribution in [3.63, 3.8) is 0 Å². The second kappa shape index (κ2) is 2.06. The first-order valence-corrected chi connectivity index (χ1v) is 2.63. The molecule has 0 aromatic heterocycles. The Balaban J connectivity index is 2.95. The molecule has 1 nitrogen and oxygen atoms in total. The topological polar surface area (TPSA) is 23.9 Å². The molecule has 0 heterocycles. The molecule has 0 amide bonds. The maximum atomic E-state index is 7.20. The average molecular weight is 115 g/mol. The minimum Gasteiger partial charge on any atom is -0.300 e. The van der Waals surface area contributed by atoms with Gasteiger partial charge in [-0.15, -0.1) is 0 Å². The van der Waals surface area contributed by atoms with Gasteiger partial charge in [-0.2, -0.15) is 0 Å². The molecule has 1 rings (SSSR count). The number of hydrogen-bond donors (Lipinski definition) is 1. The van der Waals surface area contributed by atoms with Gasteiger partial charge in [-0.25, -0.2) is 0 Å². The predicted octanol–water partition coefficient (Wildman–Crippen LogP) is 1.18. The van der Waals surface area contributed by atoms with E-state index in [1.807, 2.05) is 0 Å². The zero-order valence-corrected chi connectivity index (χ0v) is 5.02. The zero-order valence-electron chi connectivity index (χ0n) is 5.02. The van der Waals surface area contributed by atoms with Crippen LogP contribution in [0.25, 0.3) is 0 Å². The van der Waals surface area contributed by atoms with Gasteiger partial charge in [0.1, 0.15) is 7.85 Å². The molecule has 1 N–H and O–H groups in total. The van der Waals surface area contributed by atoms with Gasteiger partial charge in [-0.1, -0.05) is 24.2 Å². The Morgan fingerprint density at radius 2 is 2.11 bits per heavy atom. The van der Waals surface area contributed by atoms with E-state index in [0.717, 1.165) is 0 Å². The molecule has 0 fully saturated rings. The lowest BCUT2D eigenvalue weighted by Crippen LogP contribution is -1.98. The fraction of sp³-hybridized carbons (Fsp3) is 0. The lowest BCUT2D eigenvalue weighted by molar-refractivity contribution is 1.50. The molecule has 0 aromatic rings. The molecule has 1 aliphatic carbocycles. The summed E-state index contributed by atoms with van der Waals surface area (Å²) in [5.74, 6) is 0. The highest BCUT2D eigenvalue weighted by molar-refractivity contribution is 6.26. The number of rotatable bonds is 0. The van der Waals surface area contributed by atoms with Crippen LogP contribution in [-0.4, -0.2) is 13.6 Å². The fourth-order valence-corrected chi connectivity index (χ4v) is 0.614. The monoisotopic (exact) mass is 115 g/mol. The standard InChI is InChI=1S/C7H6BN/c1-5-4-6(8)2-3-7(5)9/h2-4,9H,1H2. The lowest BCUT2D eigenvalue weighted by Gasteiger charge is -2.03. The van der Waals surface area contributed by atoms with Gasteiger partial charge in [0.2, 0.25) is 0 Å². The maximum absolute atomic E-state index is 7.20. The third kappa shape index (κ3) is 1.19. The van der Waals surface area contributed by atoms with E-state index in [9.17, 15) is 0 Å². The first kappa shape index (κ1) is 6.08.